The molecule has 3 heterocycles. The van der Waals surface area contributed by atoms with Crippen LogP contribution in [-0.2, 0) is 55.6 Å². The minimum absolute atomic E-state index is 0. The molecule has 40 heavy (non-hydrogen) atoms. The summed E-state index contributed by atoms with van der Waals surface area (Å²) in [6.45, 7) is 5.20. The zero-order valence-electron chi connectivity index (χ0n) is 23.1. The van der Waals surface area contributed by atoms with Crippen LogP contribution in [0.2, 0.25) is 0 Å². The van der Waals surface area contributed by atoms with Crippen molar-refractivity contribution in [2.24, 2.45) is 0 Å². The van der Waals surface area contributed by atoms with E-state index in [-0.39, 0.29) is 17.1 Å². The zero-order valence-corrected chi connectivity index (χ0v) is 24.2. The molecule has 0 amide bonds. The van der Waals surface area contributed by atoms with Crippen LogP contribution >= 0.6 is 0 Å². The summed E-state index contributed by atoms with van der Waals surface area (Å²) in [7, 11) is 0. The standard InChI is InChI=1S/3C9H12N2O2.Fe/c3*1-6-7-4-2-3-5-8(7)10-9(12)11(6)13;/h3*2-5H2,1H3,(H,10,12);. The van der Waals surface area contributed by atoms with Crippen LogP contribution in [0.3, 0.4) is 0 Å². The van der Waals surface area contributed by atoms with Crippen molar-refractivity contribution in [2.75, 3.05) is 0 Å². The van der Waals surface area contributed by atoms with Gasteiger partial charge in [0.1, 0.15) is 17.1 Å². The molecule has 0 aromatic carbocycles. The summed E-state index contributed by atoms with van der Waals surface area (Å²) >= 11 is 0. The van der Waals surface area contributed by atoms with E-state index in [1.807, 2.05) is 0 Å². The van der Waals surface area contributed by atoms with Gasteiger partial charge >= 0.3 is 18.0 Å². The van der Waals surface area contributed by atoms with E-state index in [1.54, 1.807) is 20.8 Å². The fourth-order valence-corrected chi connectivity index (χ4v) is 5.52. The van der Waals surface area contributed by atoms with Crippen molar-refractivity contribution < 1.29 is 46.6 Å². The fourth-order valence-electron chi connectivity index (χ4n) is 5.52. The van der Waals surface area contributed by atoms with E-state index in [9.17, 15) is 30.9 Å². The van der Waals surface area contributed by atoms with E-state index >= 15 is 0 Å². The summed E-state index contributed by atoms with van der Waals surface area (Å²) < 4.78 is 1.51. The predicted octanol–water partition coefficient (Wildman–Crippen LogP) is 1.82. The Kier molecular flexibility index (Phi) is 10.3. The predicted molar refractivity (Wildman–Crippen MR) is 139 cm³/mol. The Hall–Kier alpha value is -3.44. The molecule has 0 atom stereocenters. The van der Waals surface area contributed by atoms with Gasteiger partial charge in [-0.25, -0.2) is 0 Å². The van der Waals surface area contributed by atoms with Gasteiger partial charge in [-0.05, 0) is 93.5 Å². The van der Waals surface area contributed by atoms with Crippen LogP contribution in [0.4, 0.5) is 0 Å². The van der Waals surface area contributed by atoms with Gasteiger partial charge in [0.25, 0.3) is 0 Å². The molecule has 3 aliphatic carbocycles. The molecule has 0 aliphatic heterocycles. The second-order valence-corrected chi connectivity index (χ2v) is 10.3. The summed E-state index contributed by atoms with van der Waals surface area (Å²) in [5, 5.41) is 61.3. The molecular formula is C27H36FeN6O6. The number of hydrogen-bond donors (Lipinski definition) is 3. The number of hydrogen-bond acceptors (Lipinski definition) is 9. The Morgan fingerprint density at radius 1 is 0.475 bits per heavy atom. The van der Waals surface area contributed by atoms with Crippen LogP contribution in [0.5, 0.6) is 18.0 Å². The molecule has 0 fully saturated rings. The van der Waals surface area contributed by atoms with Crippen LogP contribution < -0.4 is 14.2 Å². The molecule has 0 bridgehead atoms. The molecule has 3 aliphatic rings. The van der Waals surface area contributed by atoms with E-state index in [4.69, 9.17) is 0 Å². The minimum Gasteiger partial charge on any atom is -0.708 e. The fraction of sp³-hybridized carbons (Fsp3) is 0.556. The number of aromatic nitrogens is 6. The van der Waals surface area contributed by atoms with E-state index < -0.39 is 18.0 Å². The van der Waals surface area contributed by atoms with E-state index in [0.717, 1.165) is 111 Å². The van der Waals surface area contributed by atoms with E-state index in [2.05, 4.69) is 15.0 Å². The summed E-state index contributed by atoms with van der Waals surface area (Å²) in [6.07, 6.45) is 12.0. The van der Waals surface area contributed by atoms with E-state index in [0.29, 0.717) is 31.3 Å². The molecule has 3 aromatic heterocycles. The van der Waals surface area contributed by atoms with Crippen molar-refractivity contribution in [2.45, 2.75) is 97.8 Å². The third kappa shape index (κ3) is 6.47. The van der Waals surface area contributed by atoms with Crippen molar-refractivity contribution in [1.82, 2.24) is 15.0 Å². The Bertz CT molecular complexity index is 1220. The van der Waals surface area contributed by atoms with Gasteiger partial charge in [-0.1, -0.05) is 0 Å². The zero-order chi connectivity index (χ0) is 28.3. The summed E-state index contributed by atoms with van der Waals surface area (Å²) in [4.78, 5) is 11.6. The first-order valence-corrected chi connectivity index (χ1v) is 13.5. The number of rotatable bonds is 0. The van der Waals surface area contributed by atoms with Crippen LogP contribution in [-0.4, -0.2) is 30.3 Å². The third-order valence-corrected chi connectivity index (χ3v) is 7.79. The molecule has 3 N–H and O–H groups in total. The van der Waals surface area contributed by atoms with Gasteiger partial charge in [0, 0.05) is 53.0 Å². The Morgan fingerprint density at radius 3 is 0.950 bits per heavy atom. The van der Waals surface area contributed by atoms with Crippen molar-refractivity contribution in [3.8, 4) is 18.0 Å². The Balaban J connectivity index is 0.000000163. The molecule has 0 unspecified atom stereocenters. The Morgan fingerprint density at radius 2 is 0.700 bits per heavy atom. The molecule has 13 heteroatoms. The van der Waals surface area contributed by atoms with Gasteiger partial charge in [-0.2, -0.15) is 14.2 Å². The smallest absolute Gasteiger partial charge is 0.499 e. The minimum atomic E-state index is -0.418. The number of aromatic hydroxyl groups is 3. The average Bonchev–Trinajstić information content (AvgIpc) is 2.94. The van der Waals surface area contributed by atoms with Gasteiger partial charge in [-0.15, -0.1) is 0 Å². The molecule has 0 spiro atoms. The van der Waals surface area contributed by atoms with Crippen LogP contribution in [0.1, 0.15) is 89.4 Å². The van der Waals surface area contributed by atoms with Crippen LogP contribution in [0.25, 0.3) is 0 Å². The van der Waals surface area contributed by atoms with Crippen molar-refractivity contribution in [3.05, 3.63) is 66.5 Å². The van der Waals surface area contributed by atoms with Crippen molar-refractivity contribution >= 4 is 0 Å². The maximum absolute atomic E-state index is 11.2. The molecule has 0 radical (unpaired) electrons. The maximum Gasteiger partial charge on any atom is 0.499 e. The Labute approximate surface area is 243 Å². The van der Waals surface area contributed by atoms with Gasteiger partial charge in [0.2, 0.25) is 0 Å². The van der Waals surface area contributed by atoms with Crippen molar-refractivity contribution in [3.63, 3.8) is 0 Å². The van der Waals surface area contributed by atoms with Gasteiger partial charge < -0.3 is 30.9 Å². The quantitative estimate of drug-likeness (QED) is 0.198. The number of fused-ring (bicyclic) bond motifs is 3. The first kappa shape index (κ1) is 31.1. The first-order chi connectivity index (χ1) is 18.6. The molecular weight excluding hydrogens is 560 g/mol. The second kappa shape index (κ2) is 13.3. The monoisotopic (exact) mass is 596 g/mol. The average molecular weight is 596 g/mol. The molecule has 6 rings (SSSR count). The molecule has 0 saturated heterocycles. The number of nitrogens with zero attached hydrogens (tertiary/aromatic N) is 6. The number of aryl methyl sites for hydroxylation is 3. The second-order valence-electron chi connectivity index (χ2n) is 10.3. The van der Waals surface area contributed by atoms with Gasteiger partial charge in [-0.3, -0.25) is 0 Å². The third-order valence-electron chi connectivity index (χ3n) is 7.79. The SMILES string of the molecule is Cc1c2c(nc(O)[n+]1[O-])CCCC2.Cc1c2c(nc(O)[n+]1[O-])CCCC2.Cc1c2c(nc(O)[n+]1[O-])CCCC2.[Fe]. The van der Waals surface area contributed by atoms with Crippen molar-refractivity contribution in [1.29, 1.82) is 0 Å². The summed E-state index contributed by atoms with van der Waals surface area (Å²) in [5.74, 6) is 0. The molecule has 12 nitrogen and oxygen atoms in total. The van der Waals surface area contributed by atoms with Crippen LogP contribution in [0.15, 0.2) is 0 Å². The summed E-state index contributed by atoms with van der Waals surface area (Å²) in [5.41, 5.74) is 7.57. The topological polar surface area (TPSA) is 180 Å². The maximum atomic E-state index is 11.2. The van der Waals surface area contributed by atoms with Gasteiger partial charge in [0.05, 0.1) is 0 Å². The van der Waals surface area contributed by atoms with E-state index in [1.165, 1.54) is 0 Å². The molecule has 218 valence electrons. The molecule has 0 saturated carbocycles. The van der Waals surface area contributed by atoms with Crippen LogP contribution in [0, 0.1) is 36.4 Å². The largest absolute Gasteiger partial charge is 0.708 e. The molecule has 3 aromatic rings. The summed E-state index contributed by atoms with van der Waals surface area (Å²) in [6, 6.07) is -1.26. The first-order valence-electron chi connectivity index (χ1n) is 13.5. The van der Waals surface area contributed by atoms with Gasteiger partial charge in [0.15, 0.2) is 17.1 Å². The normalized spacial score (nSPS) is 15.1.